The molecule has 1 heterocycles. The maximum Gasteiger partial charge on any atom is 0.319 e. The summed E-state index contributed by atoms with van der Waals surface area (Å²) in [6.07, 6.45) is 2.20. The molecule has 0 spiro atoms. The van der Waals surface area contributed by atoms with Gasteiger partial charge in [-0.2, -0.15) is 0 Å². The van der Waals surface area contributed by atoms with Crippen LogP contribution in [0.5, 0.6) is 0 Å². The Morgan fingerprint density at radius 3 is 3.00 bits per heavy atom. The molecule has 2 amide bonds. The number of urea groups is 1. The number of rotatable bonds is 4. The van der Waals surface area contributed by atoms with E-state index in [1.54, 1.807) is 12.1 Å². The van der Waals surface area contributed by atoms with E-state index in [4.69, 9.17) is 0 Å². The minimum Gasteiger partial charge on any atom is -0.335 e. The predicted molar refractivity (Wildman–Crippen MR) is 80.3 cm³/mol. The molecule has 1 aliphatic heterocycles. The first kappa shape index (κ1) is 15.2. The number of nitrogens with one attached hydrogen (secondary N) is 3. The first-order valence-electron chi connectivity index (χ1n) is 7.09. The second-order valence-corrected chi connectivity index (χ2v) is 5.30. The first-order chi connectivity index (χ1) is 10.1. The standard InChI is InChI=1S/C14H20N4O3/c1-10(11-4-3-7-15-9-11)16-14(19)17-12-5-2-6-13(8-12)18(20)21/h2,5-6,8,10-11,15H,3-4,7,9H2,1H3,(H2,16,17,19). The van der Waals surface area contributed by atoms with Crippen LogP contribution in [-0.2, 0) is 0 Å². The molecule has 114 valence electrons. The summed E-state index contributed by atoms with van der Waals surface area (Å²) in [4.78, 5) is 22.1. The normalized spacial score (nSPS) is 19.6. The fourth-order valence-corrected chi connectivity index (χ4v) is 2.49. The number of anilines is 1. The number of hydrogen-bond donors (Lipinski definition) is 3. The van der Waals surface area contributed by atoms with Crippen molar-refractivity contribution in [2.45, 2.75) is 25.8 Å². The van der Waals surface area contributed by atoms with Gasteiger partial charge >= 0.3 is 6.03 Å². The summed E-state index contributed by atoms with van der Waals surface area (Å²) >= 11 is 0. The number of nitro benzene ring substituents is 1. The van der Waals surface area contributed by atoms with Crippen LogP contribution in [0.3, 0.4) is 0 Å². The third kappa shape index (κ3) is 4.42. The van der Waals surface area contributed by atoms with Crippen LogP contribution in [0.2, 0.25) is 0 Å². The molecule has 0 bridgehead atoms. The van der Waals surface area contributed by atoms with Crippen molar-refractivity contribution in [1.29, 1.82) is 0 Å². The Kier molecular flexibility index (Phi) is 5.10. The number of non-ortho nitro benzene ring substituents is 1. The molecule has 0 saturated carbocycles. The van der Waals surface area contributed by atoms with Gasteiger partial charge in [-0.05, 0) is 44.8 Å². The van der Waals surface area contributed by atoms with Crippen LogP contribution >= 0.6 is 0 Å². The number of amides is 2. The van der Waals surface area contributed by atoms with Crippen molar-refractivity contribution in [2.24, 2.45) is 5.92 Å². The number of benzene rings is 1. The molecule has 1 aliphatic rings. The monoisotopic (exact) mass is 292 g/mol. The molecule has 3 N–H and O–H groups in total. The van der Waals surface area contributed by atoms with Gasteiger partial charge in [-0.15, -0.1) is 0 Å². The van der Waals surface area contributed by atoms with Crippen LogP contribution in [0.4, 0.5) is 16.2 Å². The highest BCUT2D eigenvalue weighted by Crippen LogP contribution is 2.17. The van der Waals surface area contributed by atoms with E-state index in [-0.39, 0.29) is 17.8 Å². The summed E-state index contributed by atoms with van der Waals surface area (Å²) in [5.74, 6) is 0.412. The van der Waals surface area contributed by atoms with Crippen molar-refractivity contribution >= 4 is 17.4 Å². The summed E-state index contributed by atoms with van der Waals surface area (Å²) in [5.41, 5.74) is 0.369. The van der Waals surface area contributed by atoms with Crippen LogP contribution in [0.25, 0.3) is 0 Å². The summed E-state index contributed by atoms with van der Waals surface area (Å²) in [7, 11) is 0. The maximum absolute atomic E-state index is 11.9. The molecular weight excluding hydrogens is 272 g/mol. The second kappa shape index (κ2) is 7.03. The van der Waals surface area contributed by atoms with Gasteiger partial charge in [0.15, 0.2) is 0 Å². The zero-order valence-corrected chi connectivity index (χ0v) is 12.0. The average Bonchev–Trinajstić information content (AvgIpc) is 2.48. The van der Waals surface area contributed by atoms with Crippen LogP contribution in [0.15, 0.2) is 24.3 Å². The van der Waals surface area contributed by atoms with Gasteiger partial charge in [0.05, 0.1) is 4.92 Å². The molecule has 0 radical (unpaired) electrons. The second-order valence-electron chi connectivity index (χ2n) is 5.30. The molecule has 1 fully saturated rings. The lowest BCUT2D eigenvalue weighted by atomic mass is 9.93. The van der Waals surface area contributed by atoms with Gasteiger partial charge in [0.2, 0.25) is 0 Å². The average molecular weight is 292 g/mol. The summed E-state index contributed by atoms with van der Waals surface area (Å²) < 4.78 is 0. The zero-order chi connectivity index (χ0) is 15.2. The van der Waals surface area contributed by atoms with E-state index < -0.39 is 4.92 Å². The molecule has 0 aromatic heterocycles. The van der Waals surface area contributed by atoms with Crippen molar-refractivity contribution in [3.63, 3.8) is 0 Å². The summed E-state index contributed by atoms with van der Waals surface area (Å²) in [5, 5.41) is 19.5. The van der Waals surface area contributed by atoms with Crippen molar-refractivity contribution in [3.05, 3.63) is 34.4 Å². The predicted octanol–water partition coefficient (Wildman–Crippen LogP) is 2.10. The van der Waals surface area contributed by atoms with Crippen LogP contribution in [0, 0.1) is 16.0 Å². The van der Waals surface area contributed by atoms with Gasteiger partial charge in [-0.1, -0.05) is 6.07 Å². The molecule has 2 rings (SSSR count). The molecule has 7 heteroatoms. The number of carbonyl (C=O) groups excluding carboxylic acids is 1. The van der Waals surface area contributed by atoms with Crippen molar-refractivity contribution in [3.8, 4) is 0 Å². The molecule has 1 aromatic rings. The minimum atomic E-state index is -0.487. The Hall–Kier alpha value is -2.15. The lowest BCUT2D eigenvalue weighted by Crippen LogP contribution is -2.45. The largest absolute Gasteiger partial charge is 0.335 e. The number of hydrogen-bond acceptors (Lipinski definition) is 4. The van der Waals surface area contributed by atoms with Crippen LogP contribution in [0.1, 0.15) is 19.8 Å². The van der Waals surface area contributed by atoms with Gasteiger partial charge in [-0.3, -0.25) is 10.1 Å². The third-order valence-electron chi connectivity index (χ3n) is 3.72. The Morgan fingerprint density at radius 1 is 1.52 bits per heavy atom. The Labute approximate surface area is 123 Å². The van der Waals surface area contributed by atoms with Crippen molar-refractivity contribution in [2.75, 3.05) is 18.4 Å². The van der Waals surface area contributed by atoms with E-state index in [1.165, 1.54) is 12.1 Å². The first-order valence-corrected chi connectivity index (χ1v) is 7.09. The molecule has 1 saturated heterocycles. The van der Waals surface area contributed by atoms with E-state index in [0.717, 1.165) is 25.9 Å². The molecule has 1 aromatic carbocycles. The van der Waals surface area contributed by atoms with Crippen LogP contribution in [-0.4, -0.2) is 30.1 Å². The number of piperidine rings is 1. The molecule has 2 unspecified atom stereocenters. The van der Waals surface area contributed by atoms with E-state index >= 15 is 0 Å². The van der Waals surface area contributed by atoms with E-state index in [9.17, 15) is 14.9 Å². The lowest BCUT2D eigenvalue weighted by Gasteiger charge is -2.28. The van der Waals surface area contributed by atoms with Gasteiger partial charge in [-0.25, -0.2) is 4.79 Å². The third-order valence-corrected chi connectivity index (χ3v) is 3.72. The lowest BCUT2D eigenvalue weighted by molar-refractivity contribution is -0.384. The molecule has 7 nitrogen and oxygen atoms in total. The molecule has 0 aliphatic carbocycles. The fourth-order valence-electron chi connectivity index (χ4n) is 2.49. The van der Waals surface area contributed by atoms with Gasteiger partial charge in [0.1, 0.15) is 0 Å². The highest BCUT2D eigenvalue weighted by molar-refractivity contribution is 5.89. The molecule has 21 heavy (non-hydrogen) atoms. The smallest absolute Gasteiger partial charge is 0.319 e. The summed E-state index contributed by atoms with van der Waals surface area (Å²) in [6, 6.07) is 5.61. The number of nitrogens with zero attached hydrogens (tertiary/aromatic N) is 1. The van der Waals surface area contributed by atoms with Gasteiger partial charge in [0, 0.05) is 23.9 Å². The number of nitro groups is 1. The molecule has 2 atom stereocenters. The van der Waals surface area contributed by atoms with E-state index in [2.05, 4.69) is 16.0 Å². The molecular formula is C14H20N4O3. The van der Waals surface area contributed by atoms with Crippen molar-refractivity contribution in [1.82, 2.24) is 10.6 Å². The summed E-state index contributed by atoms with van der Waals surface area (Å²) in [6.45, 7) is 3.91. The fraction of sp³-hybridized carbons (Fsp3) is 0.500. The number of carbonyl (C=O) groups is 1. The van der Waals surface area contributed by atoms with Gasteiger partial charge in [0.25, 0.3) is 5.69 Å². The highest BCUT2D eigenvalue weighted by Gasteiger charge is 2.21. The van der Waals surface area contributed by atoms with Gasteiger partial charge < -0.3 is 16.0 Å². The Morgan fingerprint density at radius 2 is 2.33 bits per heavy atom. The van der Waals surface area contributed by atoms with E-state index in [0.29, 0.717) is 11.6 Å². The van der Waals surface area contributed by atoms with Crippen LogP contribution < -0.4 is 16.0 Å². The Bertz CT molecular complexity index is 515. The van der Waals surface area contributed by atoms with E-state index in [1.807, 2.05) is 6.92 Å². The highest BCUT2D eigenvalue weighted by atomic mass is 16.6. The zero-order valence-electron chi connectivity index (χ0n) is 12.0. The quantitative estimate of drug-likeness (QED) is 0.585. The van der Waals surface area contributed by atoms with Crippen molar-refractivity contribution < 1.29 is 9.72 Å². The minimum absolute atomic E-state index is 0.0441. The SMILES string of the molecule is CC(NC(=O)Nc1cccc([N+](=O)[O-])c1)C1CCCNC1. The Balaban J connectivity index is 1.89. The maximum atomic E-state index is 11.9. The topological polar surface area (TPSA) is 96.3 Å².